The number of aromatic carboxylic acids is 1. The van der Waals surface area contributed by atoms with Gasteiger partial charge in [0.2, 0.25) is 0 Å². The Bertz CT molecular complexity index is 504. The molecule has 1 aromatic rings. The fraction of sp³-hybridized carbons (Fsp3) is 0.583. The van der Waals surface area contributed by atoms with Gasteiger partial charge in [0.1, 0.15) is 0 Å². The summed E-state index contributed by atoms with van der Waals surface area (Å²) in [5.41, 5.74) is -0.0325. The number of rotatable bonds is 5. The number of urea groups is 1. The Labute approximate surface area is 121 Å². The zero-order valence-corrected chi connectivity index (χ0v) is 11.4. The number of ether oxygens (including phenoxy) is 1. The molecule has 0 aromatic carbocycles. The monoisotopic (exact) mass is 298 g/mol. The molecule has 0 bridgehead atoms. The average Bonchev–Trinajstić information content (AvgIpc) is 2.96. The standard InChI is InChI=1S/C12H18N4O5/c17-6-9-7-21-4-3-16(9)12(20)13-1-2-15-5-10(11(18)19)14-8-15/h5,8-9,17H,1-4,6-7H2,(H,13,20)(H,18,19). The number of nitrogens with one attached hydrogen (secondary N) is 1. The van der Waals surface area contributed by atoms with Crippen LogP contribution in [-0.4, -0.2) is 75.6 Å². The lowest BCUT2D eigenvalue weighted by molar-refractivity contribution is -0.00759. The minimum atomic E-state index is -1.09. The van der Waals surface area contributed by atoms with Gasteiger partial charge in [0, 0.05) is 25.8 Å². The Morgan fingerprint density at radius 2 is 2.33 bits per heavy atom. The largest absolute Gasteiger partial charge is 0.476 e. The lowest BCUT2D eigenvalue weighted by Gasteiger charge is -2.34. The number of hydrogen-bond acceptors (Lipinski definition) is 5. The molecule has 1 fully saturated rings. The Morgan fingerprint density at radius 3 is 3.00 bits per heavy atom. The fourth-order valence-corrected chi connectivity index (χ4v) is 2.06. The number of carboxylic acid groups (broad SMARTS) is 1. The lowest BCUT2D eigenvalue weighted by Crippen LogP contribution is -2.54. The number of carbonyl (C=O) groups is 2. The van der Waals surface area contributed by atoms with Gasteiger partial charge in [-0.1, -0.05) is 0 Å². The molecule has 0 spiro atoms. The predicted molar refractivity (Wildman–Crippen MR) is 71.0 cm³/mol. The molecule has 2 rings (SSSR count). The molecule has 1 aromatic heterocycles. The summed E-state index contributed by atoms with van der Waals surface area (Å²) in [5, 5.41) is 20.7. The van der Waals surface area contributed by atoms with Crippen molar-refractivity contribution in [1.29, 1.82) is 0 Å². The molecule has 0 aliphatic carbocycles. The van der Waals surface area contributed by atoms with Gasteiger partial charge in [-0.2, -0.15) is 0 Å². The van der Waals surface area contributed by atoms with E-state index in [-0.39, 0.29) is 24.4 Å². The normalized spacial score (nSPS) is 18.5. The molecule has 0 radical (unpaired) electrons. The summed E-state index contributed by atoms with van der Waals surface area (Å²) in [6.07, 6.45) is 2.81. The number of morpholine rings is 1. The van der Waals surface area contributed by atoms with Crippen LogP contribution in [-0.2, 0) is 11.3 Å². The Balaban J connectivity index is 1.79. The van der Waals surface area contributed by atoms with E-state index in [2.05, 4.69) is 10.3 Å². The highest BCUT2D eigenvalue weighted by molar-refractivity contribution is 5.84. The second-order valence-electron chi connectivity index (χ2n) is 4.64. The zero-order valence-electron chi connectivity index (χ0n) is 11.4. The third-order valence-corrected chi connectivity index (χ3v) is 3.20. The van der Waals surface area contributed by atoms with Crippen molar-refractivity contribution in [3.05, 3.63) is 18.2 Å². The average molecular weight is 298 g/mol. The molecular formula is C12H18N4O5. The number of aromatic nitrogens is 2. The summed E-state index contributed by atoms with van der Waals surface area (Å²) < 4.78 is 6.79. The van der Waals surface area contributed by atoms with E-state index in [1.807, 2.05) is 0 Å². The molecule has 21 heavy (non-hydrogen) atoms. The number of carboxylic acids is 1. The van der Waals surface area contributed by atoms with Gasteiger partial charge in [-0.25, -0.2) is 14.6 Å². The molecule has 1 saturated heterocycles. The van der Waals surface area contributed by atoms with E-state index >= 15 is 0 Å². The van der Waals surface area contributed by atoms with Crippen molar-refractivity contribution >= 4 is 12.0 Å². The van der Waals surface area contributed by atoms with Gasteiger partial charge in [0.15, 0.2) is 5.69 Å². The van der Waals surface area contributed by atoms with Gasteiger partial charge < -0.3 is 29.7 Å². The topological polar surface area (TPSA) is 117 Å². The Morgan fingerprint density at radius 1 is 1.52 bits per heavy atom. The van der Waals surface area contributed by atoms with Crippen molar-refractivity contribution in [1.82, 2.24) is 19.8 Å². The van der Waals surface area contributed by atoms with Crippen molar-refractivity contribution in [2.24, 2.45) is 0 Å². The van der Waals surface area contributed by atoms with Crippen LogP contribution >= 0.6 is 0 Å². The quantitative estimate of drug-likeness (QED) is 0.641. The van der Waals surface area contributed by atoms with Crippen LogP contribution in [0.15, 0.2) is 12.5 Å². The van der Waals surface area contributed by atoms with Crippen LogP contribution < -0.4 is 5.32 Å². The van der Waals surface area contributed by atoms with Crippen molar-refractivity contribution in [3.63, 3.8) is 0 Å². The molecule has 0 saturated carbocycles. The second kappa shape index (κ2) is 7.04. The fourth-order valence-electron chi connectivity index (χ4n) is 2.06. The minimum Gasteiger partial charge on any atom is -0.476 e. The molecule has 2 heterocycles. The van der Waals surface area contributed by atoms with E-state index in [1.54, 1.807) is 9.47 Å². The van der Waals surface area contributed by atoms with Crippen molar-refractivity contribution in [2.75, 3.05) is 32.9 Å². The number of carbonyl (C=O) groups excluding carboxylic acids is 1. The summed E-state index contributed by atoms with van der Waals surface area (Å²) in [6.45, 7) is 1.83. The number of nitrogens with zero attached hydrogens (tertiary/aromatic N) is 3. The van der Waals surface area contributed by atoms with E-state index in [0.29, 0.717) is 32.8 Å². The summed E-state index contributed by atoms with van der Waals surface area (Å²) >= 11 is 0. The molecule has 9 nitrogen and oxygen atoms in total. The number of imidazole rings is 1. The van der Waals surface area contributed by atoms with Crippen LogP contribution in [0.1, 0.15) is 10.5 Å². The SMILES string of the molecule is O=C(O)c1cn(CCNC(=O)N2CCOCC2CO)cn1. The molecule has 1 atom stereocenters. The number of amides is 2. The van der Waals surface area contributed by atoms with Gasteiger partial charge in [-0.3, -0.25) is 0 Å². The molecule has 3 N–H and O–H groups in total. The van der Waals surface area contributed by atoms with Crippen molar-refractivity contribution < 1.29 is 24.5 Å². The van der Waals surface area contributed by atoms with Crippen LogP contribution in [0.4, 0.5) is 4.79 Å². The summed E-state index contributed by atoms with van der Waals surface area (Å²) in [4.78, 5) is 27.9. The van der Waals surface area contributed by atoms with Gasteiger partial charge in [0.05, 0.1) is 32.2 Å². The first-order chi connectivity index (χ1) is 10.1. The smallest absolute Gasteiger partial charge is 0.356 e. The number of aliphatic hydroxyl groups excluding tert-OH is 1. The van der Waals surface area contributed by atoms with Gasteiger partial charge in [-0.05, 0) is 0 Å². The summed E-state index contributed by atoms with van der Waals surface area (Å²) in [7, 11) is 0. The molecule has 1 unspecified atom stereocenters. The molecule has 9 heteroatoms. The molecular weight excluding hydrogens is 280 g/mol. The van der Waals surface area contributed by atoms with Crippen molar-refractivity contribution in [2.45, 2.75) is 12.6 Å². The van der Waals surface area contributed by atoms with Crippen LogP contribution in [0.5, 0.6) is 0 Å². The molecule has 2 amide bonds. The highest BCUT2D eigenvalue weighted by Crippen LogP contribution is 2.06. The Hall–Kier alpha value is -2.13. The number of aliphatic hydroxyl groups is 1. The van der Waals surface area contributed by atoms with Crippen LogP contribution in [0.25, 0.3) is 0 Å². The second-order valence-corrected chi connectivity index (χ2v) is 4.64. The first-order valence-electron chi connectivity index (χ1n) is 6.60. The van der Waals surface area contributed by atoms with Gasteiger partial charge in [-0.15, -0.1) is 0 Å². The van der Waals surface area contributed by atoms with Crippen LogP contribution in [0, 0.1) is 0 Å². The van der Waals surface area contributed by atoms with E-state index in [1.165, 1.54) is 12.5 Å². The maximum atomic E-state index is 12.0. The van der Waals surface area contributed by atoms with Crippen molar-refractivity contribution in [3.8, 4) is 0 Å². The Kier molecular flexibility index (Phi) is 5.12. The van der Waals surface area contributed by atoms with Gasteiger partial charge >= 0.3 is 12.0 Å². The third kappa shape index (κ3) is 3.92. The first kappa shape index (κ1) is 15.3. The highest BCUT2D eigenvalue weighted by atomic mass is 16.5. The van der Waals surface area contributed by atoms with Gasteiger partial charge in [0.25, 0.3) is 0 Å². The van der Waals surface area contributed by atoms with E-state index in [9.17, 15) is 14.7 Å². The van der Waals surface area contributed by atoms with Crippen LogP contribution in [0.3, 0.4) is 0 Å². The first-order valence-corrected chi connectivity index (χ1v) is 6.60. The number of hydrogen-bond donors (Lipinski definition) is 3. The predicted octanol–water partition coefficient (Wildman–Crippen LogP) is -1.02. The highest BCUT2D eigenvalue weighted by Gasteiger charge is 2.26. The summed E-state index contributed by atoms with van der Waals surface area (Å²) in [5.74, 6) is -1.09. The molecule has 1 aliphatic heterocycles. The maximum Gasteiger partial charge on any atom is 0.356 e. The molecule has 116 valence electrons. The third-order valence-electron chi connectivity index (χ3n) is 3.20. The lowest BCUT2D eigenvalue weighted by atomic mass is 10.2. The van der Waals surface area contributed by atoms with E-state index in [4.69, 9.17) is 9.84 Å². The van der Waals surface area contributed by atoms with E-state index in [0.717, 1.165) is 0 Å². The maximum absolute atomic E-state index is 12.0. The molecule has 1 aliphatic rings. The summed E-state index contributed by atoms with van der Waals surface area (Å²) in [6, 6.07) is -0.596. The van der Waals surface area contributed by atoms with E-state index < -0.39 is 5.97 Å². The zero-order chi connectivity index (χ0) is 15.2. The minimum absolute atomic E-state index is 0.0325. The van der Waals surface area contributed by atoms with Crippen LogP contribution in [0.2, 0.25) is 0 Å².